The number of hydrogen-bond donors (Lipinski definition) is 0. The van der Waals surface area contributed by atoms with E-state index in [1.165, 1.54) is 16.7 Å². The van der Waals surface area contributed by atoms with Crippen LogP contribution >= 0.6 is 0 Å². The third kappa shape index (κ3) is 8.11. The molecular weight excluding hydrogens is 643 g/mol. The molecule has 0 aliphatic heterocycles. The zero-order chi connectivity index (χ0) is 33.1. The van der Waals surface area contributed by atoms with E-state index in [1.807, 2.05) is 104 Å². The number of benzene rings is 3. The Hall–Kier alpha value is -3.06. The maximum atomic E-state index is 10.9. The molecule has 0 aromatic heterocycles. The van der Waals surface area contributed by atoms with Gasteiger partial charge in [-0.3, -0.25) is 0 Å². The first-order valence-electron chi connectivity index (χ1n) is 14.0. The van der Waals surface area contributed by atoms with E-state index in [4.69, 9.17) is 0 Å². The van der Waals surface area contributed by atoms with Crippen molar-refractivity contribution in [3.05, 3.63) is 100 Å². The maximum Gasteiger partial charge on any atom is 3.00 e. The summed E-state index contributed by atoms with van der Waals surface area (Å²) in [5, 5.41) is 32.8. The predicted octanol–water partition coefficient (Wildman–Crippen LogP) is 4.40. The molecule has 0 aliphatic rings. The van der Waals surface area contributed by atoms with E-state index in [0.717, 1.165) is 66.8 Å². The standard InChI is InChI=1S/3C12H16O2.In/c3*1-6-7(2)9(4)11(12(13)14)10(5)8(6)3;/h3*1-5H3,(H,13,14);/q;;;+3/p-3. The van der Waals surface area contributed by atoms with Crippen molar-refractivity contribution < 1.29 is 29.7 Å². The summed E-state index contributed by atoms with van der Waals surface area (Å²) >= 11 is 0. The Morgan fingerprint density at radius 3 is 0.465 bits per heavy atom. The summed E-state index contributed by atoms with van der Waals surface area (Å²) in [4.78, 5) is 32.8. The molecule has 0 N–H and O–H groups in total. The van der Waals surface area contributed by atoms with Crippen LogP contribution < -0.4 is 15.3 Å². The third-order valence-electron chi connectivity index (χ3n) is 9.61. The number of rotatable bonds is 3. The molecule has 0 bridgehead atoms. The molecule has 0 aliphatic carbocycles. The summed E-state index contributed by atoms with van der Waals surface area (Å²) in [5.74, 6) is -3.23. The number of carbonyl (C=O) groups is 3. The summed E-state index contributed by atoms with van der Waals surface area (Å²) in [6.45, 7) is 28.7. The van der Waals surface area contributed by atoms with E-state index >= 15 is 0 Å². The largest absolute Gasteiger partial charge is 3.00 e. The van der Waals surface area contributed by atoms with E-state index in [2.05, 4.69) is 0 Å². The van der Waals surface area contributed by atoms with Crippen LogP contribution in [0.25, 0.3) is 0 Å². The molecule has 3 aromatic rings. The molecule has 228 valence electrons. The van der Waals surface area contributed by atoms with Gasteiger partial charge in [-0.1, -0.05) is 0 Å². The first-order chi connectivity index (χ1) is 19.1. The van der Waals surface area contributed by atoms with Gasteiger partial charge in [-0.05, 0) is 187 Å². The molecule has 0 fully saturated rings. The molecule has 43 heavy (non-hydrogen) atoms. The second-order valence-electron chi connectivity index (χ2n) is 11.4. The van der Waals surface area contributed by atoms with Crippen LogP contribution in [-0.2, 0) is 0 Å². The average Bonchev–Trinajstić information content (AvgIpc) is 2.91. The molecule has 0 radical (unpaired) electrons. The summed E-state index contributed by atoms with van der Waals surface area (Å²) in [7, 11) is 0. The minimum Gasteiger partial charge on any atom is -0.545 e. The van der Waals surface area contributed by atoms with Gasteiger partial charge in [-0.15, -0.1) is 0 Å². The van der Waals surface area contributed by atoms with Gasteiger partial charge in [0.1, 0.15) is 0 Å². The fraction of sp³-hybridized carbons (Fsp3) is 0.417. The van der Waals surface area contributed by atoms with Crippen molar-refractivity contribution in [1.29, 1.82) is 0 Å². The zero-order valence-corrected chi connectivity index (χ0v) is 31.8. The third-order valence-corrected chi connectivity index (χ3v) is 9.61. The Kier molecular flexibility index (Phi) is 14.5. The monoisotopic (exact) mass is 688 g/mol. The first kappa shape index (κ1) is 39.9. The first-order valence-corrected chi connectivity index (χ1v) is 14.0. The van der Waals surface area contributed by atoms with Crippen molar-refractivity contribution in [3.63, 3.8) is 0 Å². The number of carboxylic acids is 3. The Morgan fingerprint density at radius 1 is 0.279 bits per heavy atom. The topological polar surface area (TPSA) is 120 Å². The van der Waals surface area contributed by atoms with Crippen LogP contribution in [0.15, 0.2) is 0 Å². The number of aromatic carboxylic acids is 3. The van der Waals surface area contributed by atoms with Crippen molar-refractivity contribution in [1.82, 2.24) is 0 Å². The maximum absolute atomic E-state index is 10.9. The molecule has 0 heterocycles. The van der Waals surface area contributed by atoms with E-state index in [1.54, 1.807) is 0 Å². The zero-order valence-electron chi connectivity index (χ0n) is 28.5. The molecular formula is C36H45InO6. The van der Waals surface area contributed by atoms with Crippen molar-refractivity contribution >= 4 is 43.8 Å². The Morgan fingerprint density at radius 2 is 0.372 bits per heavy atom. The van der Waals surface area contributed by atoms with Crippen LogP contribution in [0.5, 0.6) is 0 Å². The van der Waals surface area contributed by atoms with Gasteiger partial charge in [0.2, 0.25) is 0 Å². The van der Waals surface area contributed by atoms with Crippen molar-refractivity contribution in [2.24, 2.45) is 0 Å². The molecule has 0 atom stereocenters. The van der Waals surface area contributed by atoms with Crippen molar-refractivity contribution in [3.8, 4) is 0 Å². The van der Waals surface area contributed by atoms with Gasteiger partial charge in [0.15, 0.2) is 0 Å². The van der Waals surface area contributed by atoms with E-state index in [9.17, 15) is 29.7 Å². The van der Waals surface area contributed by atoms with Crippen LogP contribution in [0.3, 0.4) is 0 Å². The van der Waals surface area contributed by atoms with Gasteiger partial charge in [-0.2, -0.15) is 0 Å². The molecule has 3 rings (SSSR count). The van der Waals surface area contributed by atoms with Crippen LogP contribution in [0.4, 0.5) is 0 Å². The minimum atomic E-state index is -1.08. The fourth-order valence-electron chi connectivity index (χ4n) is 5.42. The van der Waals surface area contributed by atoms with Crippen molar-refractivity contribution in [2.75, 3.05) is 0 Å². The quantitative estimate of drug-likeness (QED) is 0.403. The summed E-state index contributed by atoms with van der Waals surface area (Å²) in [5.41, 5.74) is 15.8. The Bertz CT molecular complexity index is 1320. The van der Waals surface area contributed by atoms with E-state index in [0.29, 0.717) is 16.7 Å². The van der Waals surface area contributed by atoms with Crippen LogP contribution in [0, 0.1) is 104 Å². The number of hydrogen-bond acceptors (Lipinski definition) is 6. The van der Waals surface area contributed by atoms with Crippen LogP contribution in [-0.4, -0.2) is 43.8 Å². The number of carboxylic acid groups (broad SMARTS) is 3. The van der Waals surface area contributed by atoms with Gasteiger partial charge in [-0.25, -0.2) is 0 Å². The summed E-state index contributed by atoms with van der Waals surface area (Å²) < 4.78 is 0. The average molecular weight is 689 g/mol. The SMILES string of the molecule is Cc1c(C)c(C)c(C(=O)[O-])c(C)c1C.Cc1c(C)c(C)c(C(=O)[O-])c(C)c1C.Cc1c(C)c(C)c(C(=O)[O-])c(C)c1C.[In+3]. The normalized spacial score (nSPS) is 10.1. The van der Waals surface area contributed by atoms with Crippen LogP contribution in [0.2, 0.25) is 0 Å². The second kappa shape index (κ2) is 15.6. The van der Waals surface area contributed by atoms with Gasteiger partial charge in [0.25, 0.3) is 0 Å². The van der Waals surface area contributed by atoms with Gasteiger partial charge >= 0.3 is 25.8 Å². The summed E-state index contributed by atoms with van der Waals surface area (Å²) in [6, 6.07) is 0. The molecule has 0 amide bonds. The van der Waals surface area contributed by atoms with Crippen molar-refractivity contribution in [2.45, 2.75) is 104 Å². The van der Waals surface area contributed by atoms with Gasteiger partial charge in [0.05, 0.1) is 17.9 Å². The van der Waals surface area contributed by atoms with Gasteiger partial charge in [0, 0.05) is 16.7 Å². The smallest absolute Gasteiger partial charge is 0.545 e. The predicted molar refractivity (Wildman–Crippen MR) is 169 cm³/mol. The minimum absolute atomic E-state index is 0. The van der Waals surface area contributed by atoms with Crippen LogP contribution in [0.1, 0.15) is 115 Å². The van der Waals surface area contributed by atoms with E-state index in [-0.39, 0.29) is 25.8 Å². The fourth-order valence-corrected chi connectivity index (χ4v) is 5.42. The number of carbonyl (C=O) groups excluding carboxylic acids is 3. The molecule has 6 nitrogen and oxygen atoms in total. The van der Waals surface area contributed by atoms with Gasteiger partial charge < -0.3 is 29.7 Å². The molecule has 0 spiro atoms. The molecule has 7 heteroatoms. The Labute approximate surface area is 276 Å². The summed E-state index contributed by atoms with van der Waals surface area (Å²) in [6.07, 6.45) is 0. The molecule has 3 aromatic carbocycles. The van der Waals surface area contributed by atoms with E-state index < -0.39 is 17.9 Å². The molecule has 0 saturated carbocycles. The molecule has 0 saturated heterocycles. The molecule has 0 unspecified atom stereocenters. The second-order valence-corrected chi connectivity index (χ2v) is 11.4. The Balaban J connectivity index is 0.000000608.